The number of hydrogen-bond donors (Lipinski definition) is 2. The zero-order valence-corrected chi connectivity index (χ0v) is 14.0. The van der Waals surface area contributed by atoms with Crippen molar-refractivity contribution in [3.8, 4) is 0 Å². The van der Waals surface area contributed by atoms with Gasteiger partial charge in [-0.2, -0.15) is 0 Å². The quantitative estimate of drug-likeness (QED) is 0.865. The van der Waals surface area contributed by atoms with Crippen LogP contribution < -0.4 is 15.5 Å². The van der Waals surface area contributed by atoms with Crippen LogP contribution in [0.5, 0.6) is 0 Å². The summed E-state index contributed by atoms with van der Waals surface area (Å²) in [4.78, 5) is 23.0. The molecule has 1 aromatic heterocycles. The molecule has 2 N–H and O–H groups in total. The topological polar surface area (TPSA) is 70.2 Å². The molecule has 24 heavy (non-hydrogen) atoms. The minimum Gasteiger partial charge on any atom is -0.356 e. The highest BCUT2D eigenvalue weighted by atomic mass is 19.3. The first-order valence-electron chi connectivity index (χ1n) is 8.31. The fraction of sp³-hybridized carbons (Fsp3) is 0.688. The highest BCUT2D eigenvalue weighted by Crippen LogP contribution is 2.25. The molecule has 1 aromatic rings. The highest BCUT2D eigenvalue weighted by Gasteiger charge is 2.42. The monoisotopic (exact) mass is 339 g/mol. The summed E-state index contributed by atoms with van der Waals surface area (Å²) in [6.45, 7) is 4.93. The summed E-state index contributed by atoms with van der Waals surface area (Å²) in [5.41, 5.74) is 0.932. The average molecular weight is 339 g/mol. The van der Waals surface area contributed by atoms with Crippen LogP contribution in [-0.2, 0) is 4.79 Å². The van der Waals surface area contributed by atoms with Gasteiger partial charge in [-0.05, 0) is 26.7 Å². The van der Waals surface area contributed by atoms with Gasteiger partial charge >= 0.3 is 0 Å². The molecule has 3 rings (SSSR count). The van der Waals surface area contributed by atoms with Gasteiger partial charge in [-0.15, -0.1) is 0 Å². The molecule has 2 fully saturated rings. The maximum atomic E-state index is 13.2. The Kier molecular flexibility index (Phi) is 4.67. The molecule has 8 heteroatoms. The molecule has 132 valence electrons. The van der Waals surface area contributed by atoms with E-state index in [1.165, 1.54) is 0 Å². The van der Waals surface area contributed by atoms with E-state index in [1.807, 2.05) is 19.9 Å². The Morgan fingerprint density at radius 3 is 2.62 bits per heavy atom. The minimum atomic E-state index is -2.78. The summed E-state index contributed by atoms with van der Waals surface area (Å²) in [5, 5.41) is 5.49. The van der Waals surface area contributed by atoms with Crippen molar-refractivity contribution < 1.29 is 13.6 Å². The van der Waals surface area contributed by atoms with E-state index in [9.17, 15) is 13.6 Å². The second-order valence-corrected chi connectivity index (χ2v) is 6.68. The summed E-state index contributed by atoms with van der Waals surface area (Å²) >= 11 is 0. The molecular formula is C16H23F2N5O. The standard InChI is InChI=1S/C16H23F2N5O/c1-10-7-14(21-11(2)20-10)23-5-3-12(4-6-23)22-15(24)13-8-16(17,18)9-19-13/h7,12-13,19H,3-6,8-9H2,1-2H3,(H,22,24). The number of aromatic nitrogens is 2. The van der Waals surface area contributed by atoms with Gasteiger partial charge in [0.2, 0.25) is 5.91 Å². The van der Waals surface area contributed by atoms with E-state index >= 15 is 0 Å². The zero-order chi connectivity index (χ0) is 17.3. The molecule has 6 nitrogen and oxygen atoms in total. The summed E-state index contributed by atoms with van der Waals surface area (Å²) in [6, 6.07) is 1.19. The van der Waals surface area contributed by atoms with Gasteiger partial charge in [-0.3, -0.25) is 10.1 Å². The largest absolute Gasteiger partial charge is 0.356 e. The zero-order valence-electron chi connectivity index (χ0n) is 14.0. The van der Waals surface area contributed by atoms with Gasteiger partial charge in [0, 0.05) is 37.3 Å². The second-order valence-electron chi connectivity index (χ2n) is 6.68. The second kappa shape index (κ2) is 6.58. The third-order valence-corrected chi connectivity index (χ3v) is 4.54. The number of amides is 1. The molecule has 1 amide bonds. The minimum absolute atomic E-state index is 0.0220. The number of hydrogen-bond acceptors (Lipinski definition) is 5. The fourth-order valence-corrected chi connectivity index (χ4v) is 3.31. The number of nitrogens with zero attached hydrogens (tertiary/aromatic N) is 3. The van der Waals surface area contributed by atoms with Gasteiger partial charge in [0.25, 0.3) is 5.92 Å². The van der Waals surface area contributed by atoms with Crippen molar-refractivity contribution in [2.45, 2.75) is 51.1 Å². The first-order valence-corrected chi connectivity index (χ1v) is 8.31. The molecule has 1 unspecified atom stereocenters. The number of rotatable bonds is 3. The molecular weight excluding hydrogens is 316 g/mol. The van der Waals surface area contributed by atoms with E-state index in [0.717, 1.165) is 43.3 Å². The Bertz CT molecular complexity index is 596. The van der Waals surface area contributed by atoms with Crippen molar-refractivity contribution in [2.24, 2.45) is 0 Å². The first-order chi connectivity index (χ1) is 11.3. The molecule has 0 saturated carbocycles. The lowest BCUT2D eigenvalue weighted by atomic mass is 10.0. The number of nitrogens with one attached hydrogen (secondary N) is 2. The van der Waals surface area contributed by atoms with Gasteiger partial charge < -0.3 is 10.2 Å². The molecule has 3 heterocycles. The van der Waals surface area contributed by atoms with Crippen LogP contribution in [0, 0.1) is 13.8 Å². The van der Waals surface area contributed by atoms with Crippen molar-refractivity contribution >= 4 is 11.7 Å². The molecule has 0 bridgehead atoms. The molecule has 2 aliphatic rings. The van der Waals surface area contributed by atoms with Gasteiger partial charge in [-0.25, -0.2) is 18.7 Å². The molecule has 2 saturated heterocycles. The molecule has 1 atom stereocenters. The lowest BCUT2D eigenvalue weighted by molar-refractivity contribution is -0.124. The Morgan fingerprint density at radius 2 is 2.04 bits per heavy atom. The summed E-state index contributed by atoms with van der Waals surface area (Å²) in [5.74, 6) is -1.46. The van der Waals surface area contributed by atoms with Crippen LogP contribution in [0.3, 0.4) is 0 Å². The first kappa shape index (κ1) is 17.0. The lowest BCUT2D eigenvalue weighted by Crippen LogP contribution is -2.49. The third-order valence-electron chi connectivity index (χ3n) is 4.54. The molecule has 0 radical (unpaired) electrons. The average Bonchev–Trinajstić information content (AvgIpc) is 2.87. The van der Waals surface area contributed by atoms with Crippen LogP contribution in [-0.4, -0.2) is 53.5 Å². The van der Waals surface area contributed by atoms with Crippen molar-refractivity contribution in [1.82, 2.24) is 20.6 Å². The fourth-order valence-electron chi connectivity index (χ4n) is 3.31. The third kappa shape index (κ3) is 3.98. The number of carbonyl (C=O) groups is 1. The Labute approximate surface area is 140 Å². The van der Waals surface area contributed by atoms with E-state index in [1.54, 1.807) is 0 Å². The van der Waals surface area contributed by atoms with Crippen molar-refractivity contribution in [3.05, 3.63) is 17.6 Å². The van der Waals surface area contributed by atoms with Gasteiger partial charge in [0.1, 0.15) is 11.6 Å². The summed E-state index contributed by atoms with van der Waals surface area (Å²) in [6.07, 6.45) is 1.13. The summed E-state index contributed by atoms with van der Waals surface area (Å²) in [7, 11) is 0. The van der Waals surface area contributed by atoms with E-state index in [-0.39, 0.29) is 11.9 Å². The van der Waals surface area contributed by atoms with Crippen LogP contribution in [0.1, 0.15) is 30.8 Å². The van der Waals surface area contributed by atoms with Crippen molar-refractivity contribution in [2.75, 3.05) is 24.5 Å². The molecule has 0 aliphatic carbocycles. The number of carbonyl (C=O) groups excluding carboxylic acids is 1. The predicted molar refractivity (Wildman–Crippen MR) is 86.2 cm³/mol. The smallest absolute Gasteiger partial charge is 0.262 e. The van der Waals surface area contributed by atoms with E-state index in [0.29, 0.717) is 0 Å². The van der Waals surface area contributed by atoms with Gasteiger partial charge in [0.15, 0.2) is 0 Å². The molecule has 0 aromatic carbocycles. The molecule has 2 aliphatic heterocycles. The van der Waals surface area contributed by atoms with Crippen LogP contribution in [0.4, 0.5) is 14.6 Å². The van der Waals surface area contributed by atoms with E-state index in [2.05, 4.69) is 25.5 Å². The van der Waals surface area contributed by atoms with Crippen molar-refractivity contribution in [3.63, 3.8) is 0 Å². The SMILES string of the molecule is Cc1cc(N2CCC(NC(=O)C3CC(F)(F)CN3)CC2)nc(C)n1. The van der Waals surface area contributed by atoms with Crippen LogP contribution in [0.25, 0.3) is 0 Å². The van der Waals surface area contributed by atoms with Gasteiger partial charge in [-0.1, -0.05) is 0 Å². The van der Waals surface area contributed by atoms with Gasteiger partial charge in [0.05, 0.1) is 12.6 Å². The van der Waals surface area contributed by atoms with Crippen LogP contribution in [0.2, 0.25) is 0 Å². The van der Waals surface area contributed by atoms with Crippen LogP contribution >= 0.6 is 0 Å². The number of alkyl halides is 2. The Morgan fingerprint density at radius 1 is 1.33 bits per heavy atom. The number of aryl methyl sites for hydroxylation is 2. The maximum absolute atomic E-state index is 13.2. The predicted octanol–water partition coefficient (Wildman–Crippen LogP) is 1.18. The van der Waals surface area contributed by atoms with Crippen LogP contribution in [0.15, 0.2) is 6.07 Å². The summed E-state index contributed by atoms with van der Waals surface area (Å²) < 4.78 is 26.4. The number of halogens is 2. The Hall–Kier alpha value is -1.83. The number of anilines is 1. The lowest BCUT2D eigenvalue weighted by Gasteiger charge is -2.33. The normalized spacial score (nSPS) is 24.2. The van der Waals surface area contributed by atoms with E-state index in [4.69, 9.17) is 0 Å². The Balaban J connectivity index is 1.51. The maximum Gasteiger partial charge on any atom is 0.262 e. The highest BCUT2D eigenvalue weighted by molar-refractivity contribution is 5.82. The van der Waals surface area contributed by atoms with Crippen molar-refractivity contribution in [1.29, 1.82) is 0 Å². The number of piperidine rings is 1. The molecule has 0 spiro atoms. The van der Waals surface area contributed by atoms with E-state index < -0.39 is 24.9 Å².